The van der Waals surface area contributed by atoms with Crippen LogP contribution >= 0.6 is 0 Å². The van der Waals surface area contributed by atoms with Crippen molar-refractivity contribution in [3.8, 4) is 0 Å². The number of hydrogen-bond acceptors (Lipinski definition) is 4. The van der Waals surface area contributed by atoms with Crippen molar-refractivity contribution in [2.45, 2.75) is 63.0 Å². The third kappa shape index (κ3) is 5.22. The van der Waals surface area contributed by atoms with E-state index in [1.54, 1.807) is 6.92 Å². The van der Waals surface area contributed by atoms with Crippen molar-refractivity contribution in [1.82, 2.24) is 15.1 Å². The maximum Gasteiger partial charge on any atom is 0.227 e. The molecular formula is C24H37N3O3. The number of carbonyl (C=O) groups excluding carboxylic acids is 2. The Morgan fingerprint density at radius 3 is 2.57 bits per heavy atom. The van der Waals surface area contributed by atoms with Gasteiger partial charge < -0.3 is 20.2 Å². The SMILES string of the molecule is CC(=O)NC[C@]1(c2ccccc2)CC[C@@H](O)[C@H](N(C)C(=O)C2CCCN(C)C2)CC1. The van der Waals surface area contributed by atoms with Gasteiger partial charge in [-0.1, -0.05) is 30.3 Å². The lowest BCUT2D eigenvalue weighted by atomic mass is 9.74. The fourth-order valence-corrected chi connectivity index (χ4v) is 5.28. The van der Waals surface area contributed by atoms with E-state index in [0.717, 1.165) is 45.2 Å². The molecule has 3 rings (SSSR count). The van der Waals surface area contributed by atoms with Crippen LogP contribution in [0.25, 0.3) is 0 Å². The van der Waals surface area contributed by atoms with Crippen molar-refractivity contribution in [3.63, 3.8) is 0 Å². The van der Waals surface area contributed by atoms with Crippen LogP contribution in [-0.2, 0) is 15.0 Å². The maximum absolute atomic E-state index is 13.2. The molecule has 2 aliphatic rings. The van der Waals surface area contributed by atoms with Crippen LogP contribution in [0, 0.1) is 5.92 Å². The van der Waals surface area contributed by atoms with E-state index >= 15 is 0 Å². The first-order valence-electron chi connectivity index (χ1n) is 11.3. The molecule has 1 unspecified atom stereocenters. The van der Waals surface area contributed by atoms with Crippen LogP contribution in [0.15, 0.2) is 30.3 Å². The number of rotatable bonds is 5. The van der Waals surface area contributed by atoms with Gasteiger partial charge in [0.05, 0.1) is 18.1 Å². The second kappa shape index (κ2) is 9.92. The molecule has 166 valence electrons. The van der Waals surface area contributed by atoms with Gasteiger partial charge in [0.25, 0.3) is 0 Å². The quantitative estimate of drug-likeness (QED) is 0.723. The summed E-state index contributed by atoms with van der Waals surface area (Å²) in [6.07, 6.45) is 4.35. The van der Waals surface area contributed by atoms with Crippen molar-refractivity contribution >= 4 is 11.8 Å². The van der Waals surface area contributed by atoms with Gasteiger partial charge in [0.2, 0.25) is 11.8 Å². The van der Waals surface area contributed by atoms with Crippen molar-refractivity contribution in [2.24, 2.45) is 5.92 Å². The lowest BCUT2D eigenvalue weighted by Crippen LogP contribution is -2.49. The zero-order valence-corrected chi connectivity index (χ0v) is 18.6. The third-order valence-corrected chi connectivity index (χ3v) is 7.16. The zero-order chi connectivity index (χ0) is 21.7. The second-order valence-corrected chi connectivity index (χ2v) is 9.32. The molecule has 6 nitrogen and oxygen atoms in total. The first-order chi connectivity index (χ1) is 14.3. The summed E-state index contributed by atoms with van der Waals surface area (Å²) in [4.78, 5) is 28.9. The average Bonchev–Trinajstić information content (AvgIpc) is 2.91. The Balaban J connectivity index is 1.76. The van der Waals surface area contributed by atoms with Crippen molar-refractivity contribution < 1.29 is 14.7 Å². The van der Waals surface area contributed by atoms with Crippen molar-refractivity contribution in [2.75, 3.05) is 33.7 Å². The van der Waals surface area contributed by atoms with Gasteiger partial charge in [-0.15, -0.1) is 0 Å². The Morgan fingerprint density at radius 2 is 1.90 bits per heavy atom. The molecule has 1 saturated heterocycles. The largest absolute Gasteiger partial charge is 0.391 e. The molecule has 1 aliphatic heterocycles. The van der Waals surface area contributed by atoms with Crippen LogP contribution in [0.1, 0.15) is 51.0 Å². The molecule has 1 aromatic carbocycles. The first kappa shape index (κ1) is 22.8. The molecule has 0 spiro atoms. The molecule has 30 heavy (non-hydrogen) atoms. The van der Waals surface area contributed by atoms with Crippen LogP contribution < -0.4 is 5.32 Å². The summed E-state index contributed by atoms with van der Waals surface area (Å²) < 4.78 is 0. The smallest absolute Gasteiger partial charge is 0.227 e. The summed E-state index contributed by atoms with van der Waals surface area (Å²) in [5.74, 6) is 0.127. The Labute approximate surface area is 180 Å². The Kier molecular flexibility index (Phi) is 7.53. The maximum atomic E-state index is 13.2. The normalized spacial score (nSPS) is 30.3. The fourth-order valence-electron chi connectivity index (χ4n) is 5.28. The topological polar surface area (TPSA) is 72.9 Å². The second-order valence-electron chi connectivity index (χ2n) is 9.32. The van der Waals surface area contributed by atoms with Gasteiger partial charge in [0, 0.05) is 32.5 Å². The van der Waals surface area contributed by atoms with Crippen molar-refractivity contribution in [3.05, 3.63) is 35.9 Å². The molecule has 2 N–H and O–H groups in total. The van der Waals surface area contributed by atoms with E-state index in [1.807, 2.05) is 30.1 Å². The van der Waals surface area contributed by atoms with E-state index in [0.29, 0.717) is 13.0 Å². The summed E-state index contributed by atoms with van der Waals surface area (Å²) in [5, 5.41) is 14.0. The molecule has 6 heteroatoms. The Morgan fingerprint density at radius 1 is 1.20 bits per heavy atom. The predicted molar refractivity (Wildman–Crippen MR) is 118 cm³/mol. The van der Waals surface area contributed by atoms with Crippen LogP contribution in [0.4, 0.5) is 0 Å². The van der Waals surface area contributed by atoms with Gasteiger partial charge in [-0.25, -0.2) is 0 Å². The highest BCUT2D eigenvalue weighted by Crippen LogP contribution is 2.39. The van der Waals surface area contributed by atoms with Gasteiger partial charge in [-0.05, 0) is 57.7 Å². The van der Waals surface area contributed by atoms with Crippen LogP contribution in [0.3, 0.4) is 0 Å². The molecule has 1 aliphatic carbocycles. The van der Waals surface area contributed by atoms with E-state index in [-0.39, 0.29) is 29.2 Å². The Bertz CT molecular complexity index is 726. The van der Waals surface area contributed by atoms with Gasteiger partial charge in [0.15, 0.2) is 0 Å². The lowest BCUT2D eigenvalue weighted by molar-refractivity contribution is -0.140. The van der Waals surface area contributed by atoms with Crippen LogP contribution in [-0.4, -0.2) is 72.6 Å². The van der Waals surface area contributed by atoms with Gasteiger partial charge in [-0.3, -0.25) is 9.59 Å². The number of nitrogens with zero attached hydrogens (tertiary/aromatic N) is 2. The number of benzene rings is 1. The number of aliphatic hydroxyl groups excluding tert-OH is 1. The monoisotopic (exact) mass is 415 g/mol. The van der Waals surface area contributed by atoms with E-state index in [4.69, 9.17) is 0 Å². The molecular weight excluding hydrogens is 378 g/mol. The molecule has 0 aromatic heterocycles. The predicted octanol–water partition coefficient (Wildman–Crippen LogP) is 2.16. The minimum absolute atomic E-state index is 0.0162. The molecule has 1 saturated carbocycles. The number of amides is 2. The summed E-state index contributed by atoms with van der Waals surface area (Å²) in [5.41, 5.74) is 0.965. The number of likely N-dealkylation sites (N-methyl/N-ethyl adjacent to an activating group) is 1. The fraction of sp³-hybridized carbons (Fsp3) is 0.667. The first-order valence-corrected chi connectivity index (χ1v) is 11.3. The molecule has 1 heterocycles. The summed E-state index contributed by atoms with van der Waals surface area (Å²) in [7, 11) is 3.92. The van der Waals surface area contributed by atoms with Crippen LogP contribution in [0.5, 0.6) is 0 Å². The summed E-state index contributed by atoms with van der Waals surface area (Å²) in [6.45, 7) is 3.93. The molecule has 1 aromatic rings. The minimum Gasteiger partial charge on any atom is -0.391 e. The molecule has 2 amide bonds. The van der Waals surface area contributed by atoms with Crippen LogP contribution in [0.2, 0.25) is 0 Å². The minimum atomic E-state index is -0.553. The highest BCUT2D eigenvalue weighted by Gasteiger charge is 2.41. The zero-order valence-electron chi connectivity index (χ0n) is 18.6. The standard InChI is InChI=1S/C24H37N3O3/c1-18(28)25-17-24(20-9-5-4-6-10-20)13-11-21(22(29)12-14-24)27(3)23(30)19-8-7-15-26(2)16-19/h4-6,9-10,19,21-22,29H,7-8,11-17H2,1-3H3,(H,25,28)/t19?,21-,22-,24-/m1/s1. The van der Waals surface area contributed by atoms with E-state index in [9.17, 15) is 14.7 Å². The highest BCUT2D eigenvalue weighted by molar-refractivity contribution is 5.79. The average molecular weight is 416 g/mol. The molecule has 0 bridgehead atoms. The van der Waals surface area contributed by atoms with Gasteiger partial charge in [0.1, 0.15) is 0 Å². The number of carbonyl (C=O) groups is 2. The number of aliphatic hydroxyl groups is 1. The number of likely N-dealkylation sites (tertiary alicyclic amines) is 1. The number of nitrogens with one attached hydrogen (secondary N) is 1. The number of piperidine rings is 1. The lowest BCUT2D eigenvalue weighted by Gasteiger charge is -2.37. The van der Waals surface area contributed by atoms with Gasteiger partial charge >= 0.3 is 0 Å². The van der Waals surface area contributed by atoms with Gasteiger partial charge in [-0.2, -0.15) is 0 Å². The molecule has 2 fully saturated rings. The molecule has 0 radical (unpaired) electrons. The summed E-state index contributed by atoms with van der Waals surface area (Å²) in [6, 6.07) is 10.1. The van der Waals surface area contributed by atoms with E-state index in [2.05, 4.69) is 29.4 Å². The molecule has 4 atom stereocenters. The van der Waals surface area contributed by atoms with E-state index < -0.39 is 6.10 Å². The highest BCUT2D eigenvalue weighted by atomic mass is 16.3. The summed E-state index contributed by atoms with van der Waals surface area (Å²) >= 11 is 0. The van der Waals surface area contributed by atoms with E-state index in [1.165, 1.54) is 5.56 Å². The third-order valence-electron chi connectivity index (χ3n) is 7.16. The van der Waals surface area contributed by atoms with Crippen molar-refractivity contribution in [1.29, 1.82) is 0 Å². The number of hydrogen-bond donors (Lipinski definition) is 2. The Hall–Kier alpha value is -1.92.